The van der Waals surface area contributed by atoms with Crippen molar-refractivity contribution >= 4 is 28.7 Å². The number of hydrogen-bond donors (Lipinski definition) is 2. The van der Waals surface area contributed by atoms with E-state index in [0.717, 1.165) is 22.7 Å². The summed E-state index contributed by atoms with van der Waals surface area (Å²) < 4.78 is 10.6. The first-order valence-electron chi connectivity index (χ1n) is 7.03. The van der Waals surface area contributed by atoms with Gasteiger partial charge >= 0.3 is 0 Å². The summed E-state index contributed by atoms with van der Waals surface area (Å²) in [5.74, 6) is 1.47. The van der Waals surface area contributed by atoms with Gasteiger partial charge in [-0.25, -0.2) is 0 Å². The maximum absolute atomic E-state index is 5.33. The maximum atomic E-state index is 5.33. The molecule has 0 fully saturated rings. The van der Waals surface area contributed by atoms with E-state index in [1.54, 1.807) is 14.2 Å². The van der Waals surface area contributed by atoms with Crippen LogP contribution in [-0.4, -0.2) is 25.0 Å². The van der Waals surface area contributed by atoms with Crippen molar-refractivity contribution in [3.05, 3.63) is 54.1 Å². The zero-order valence-electron chi connectivity index (χ0n) is 13.3. The van der Waals surface area contributed by atoms with Crippen molar-refractivity contribution < 1.29 is 9.47 Å². The molecule has 0 saturated carbocycles. The summed E-state index contributed by atoms with van der Waals surface area (Å²) in [4.78, 5) is 0. The zero-order valence-corrected chi connectivity index (χ0v) is 14.1. The minimum atomic E-state index is 0.378. The molecular weight excluding hydrogens is 310 g/mol. The molecule has 0 atom stereocenters. The summed E-state index contributed by atoms with van der Waals surface area (Å²) in [6.07, 6.45) is 0. The molecule has 0 bridgehead atoms. The summed E-state index contributed by atoms with van der Waals surface area (Å²) in [7, 11) is 3.24. The van der Waals surface area contributed by atoms with Crippen LogP contribution in [0.4, 0.5) is 5.69 Å². The second kappa shape index (κ2) is 8.14. The predicted molar refractivity (Wildman–Crippen MR) is 97.6 cm³/mol. The van der Waals surface area contributed by atoms with Crippen LogP contribution in [0.25, 0.3) is 0 Å². The quantitative estimate of drug-likeness (QED) is 0.500. The van der Waals surface area contributed by atoms with Crippen molar-refractivity contribution in [2.45, 2.75) is 6.92 Å². The van der Waals surface area contributed by atoms with E-state index in [1.807, 2.05) is 55.5 Å². The van der Waals surface area contributed by atoms with Gasteiger partial charge < -0.3 is 14.8 Å². The smallest absolute Gasteiger partial charge is 0.191 e. The van der Waals surface area contributed by atoms with Crippen LogP contribution in [0.15, 0.2) is 53.6 Å². The average Bonchev–Trinajstić information content (AvgIpc) is 2.60. The monoisotopic (exact) mass is 329 g/mol. The highest BCUT2D eigenvalue weighted by atomic mass is 32.1. The number of thiocarbonyl (C=S) groups is 1. The van der Waals surface area contributed by atoms with Gasteiger partial charge in [0.25, 0.3) is 0 Å². The third-order valence-electron chi connectivity index (χ3n) is 3.18. The predicted octanol–water partition coefficient (Wildman–Crippen LogP) is 3.41. The number of nitrogens with one attached hydrogen (secondary N) is 2. The van der Waals surface area contributed by atoms with Crippen LogP contribution in [0.5, 0.6) is 11.5 Å². The summed E-state index contributed by atoms with van der Waals surface area (Å²) in [6, 6.07) is 15.2. The van der Waals surface area contributed by atoms with E-state index in [1.165, 1.54) is 0 Å². The number of ether oxygens (including phenoxy) is 2. The lowest BCUT2D eigenvalue weighted by atomic mass is 10.1. The molecule has 6 heteroatoms. The van der Waals surface area contributed by atoms with Crippen LogP contribution in [-0.2, 0) is 0 Å². The molecule has 0 aliphatic heterocycles. The second-order valence-electron chi connectivity index (χ2n) is 4.66. The summed E-state index contributed by atoms with van der Waals surface area (Å²) in [5.41, 5.74) is 5.28. The van der Waals surface area contributed by atoms with E-state index in [0.29, 0.717) is 10.9 Å². The van der Waals surface area contributed by atoms with Gasteiger partial charge in [0.1, 0.15) is 11.5 Å². The Hall–Kier alpha value is -2.60. The average molecular weight is 329 g/mol. The minimum absolute atomic E-state index is 0.378. The molecule has 0 unspecified atom stereocenters. The Balaban J connectivity index is 2.05. The van der Waals surface area contributed by atoms with Crippen LogP contribution < -0.4 is 20.2 Å². The number of methoxy groups -OCH3 is 2. The Labute approximate surface area is 141 Å². The fraction of sp³-hybridized carbons (Fsp3) is 0.176. The number of anilines is 1. The fourth-order valence-corrected chi connectivity index (χ4v) is 2.19. The molecule has 2 aromatic carbocycles. The first kappa shape index (κ1) is 16.8. The molecule has 0 heterocycles. The topological polar surface area (TPSA) is 54.9 Å². The van der Waals surface area contributed by atoms with Gasteiger partial charge in [0.2, 0.25) is 0 Å². The van der Waals surface area contributed by atoms with Gasteiger partial charge in [-0.05, 0) is 43.4 Å². The lowest BCUT2D eigenvalue weighted by Crippen LogP contribution is -2.25. The Bertz CT molecular complexity index is 716. The lowest BCUT2D eigenvalue weighted by Gasteiger charge is -2.12. The molecule has 0 aliphatic carbocycles. The van der Waals surface area contributed by atoms with Crippen LogP contribution >= 0.6 is 12.2 Å². The lowest BCUT2D eigenvalue weighted by molar-refractivity contribution is 0.414. The molecule has 120 valence electrons. The largest absolute Gasteiger partial charge is 0.496 e. The maximum Gasteiger partial charge on any atom is 0.191 e. The first-order valence-corrected chi connectivity index (χ1v) is 7.44. The van der Waals surface area contributed by atoms with Crippen molar-refractivity contribution in [3.8, 4) is 11.5 Å². The first-order chi connectivity index (χ1) is 11.2. The van der Waals surface area contributed by atoms with Gasteiger partial charge in [0.05, 0.1) is 25.6 Å². The Kier molecular flexibility index (Phi) is 5.94. The van der Waals surface area contributed by atoms with Gasteiger partial charge in [-0.15, -0.1) is 0 Å². The molecule has 0 saturated heterocycles. The van der Waals surface area contributed by atoms with E-state index in [9.17, 15) is 0 Å². The molecule has 0 spiro atoms. The standard InChI is InChI=1S/C17H19N3O2S/c1-12(13-8-4-6-10-15(13)21-2)19-20-17(23)18-14-9-5-7-11-16(14)22-3/h4-11H,1-3H3,(H2,18,20,23)/b19-12-. The third kappa shape index (κ3) is 4.43. The van der Waals surface area contributed by atoms with Crippen molar-refractivity contribution in [1.29, 1.82) is 0 Å². The highest BCUT2D eigenvalue weighted by Crippen LogP contribution is 2.22. The molecule has 2 aromatic rings. The number of rotatable bonds is 5. The molecule has 5 nitrogen and oxygen atoms in total. The van der Waals surface area contributed by atoms with Crippen LogP contribution in [0.2, 0.25) is 0 Å². The zero-order chi connectivity index (χ0) is 16.7. The van der Waals surface area contributed by atoms with Gasteiger partial charge in [0.15, 0.2) is 5.11 Å². The van der Waals surface area contributed by atoms with E-state index in [2.05, 4.69) is 15.8 Å². The number of hydrazone groups is 1. The van der Waals surface area contributed by atoms with Gasteiger partial charge in [-0.1, -0.05) is 24.3 Å². The highest BCUT2D eigenvalue weighted by molar-refractivity contribution is 7.80. The number of nitrogens with zero attached hydrogens (tertiary/aromatic N) is 1. The Morgan fingerprint density at radius 3 is 2.26 bits per heavy atom. The van der Waals surface area contributed by atoms with E-state index in [4.69, 9.17) is 21.7 Å². The van der Waals surface area contributed by atoms with Gasteiger partial charge in [-0.2, -0.15) is 5.10 Å². The molecule has 23 heavy (non-hydrogen) atoms. The van der Waals surface area contributed by atoms with Crippen LogP contribution in [0, 0.1) is 0 Å². The van der Waals surface area contributed by atoms with Gasteiger partial charge in [-0.3, -0.25) is 5.43 Å². The Morgan fingerprint density at radius 1 is 0.957 bits per heavy atom. The highest BCUT2D eigenvalue weighted by Gasteiger charge is 2.06. The molecule has 0 amide bonds. The SMILES string of the molecule is COc1ccccc1NC(=S)N/N=C(/C)c1ccccc1OC. The fourth-order valence-electron chi connectivity index (χ4n) is 2.04. The molecular formula is C17H19N3O2S. The number of para-hydroxylation sites is 3. The molecule has 0 radical (unpaired) electrons. The van der Waals surface area contributed by atoms with Crippen molar-refractivity contribution in [3.63, 3.8) is 0 Å². The summed E-state index contributed by atoms with van der Waals surface area (Å²) in [5, 5.41) is 7.73. The molecule has 2 N–H and O–H groups in total. The normalized spacial score (nSPS) is 10.8. The molecule has 0 aromatic heterocycles. The van der Waals surface area contributed by atoms with Crippen LogP contribution in [0.3, 0.4) is 0 Å². The van der Waals surface area contributed by atoms with Crippen molar-refractivity contribution in [2.24, 2.45) is 5.10 Å². The van der Waals surface area contributed by atoms with Crippen molar-refractivity contribution in [2.75, 3.05) is 19.5 Å². The third-order valence-corrected chi connectivity index (χ3v) is 3.37. The van der Waals surface area contributed by atoms with Gasteiger partial charge in [0, 0.05) is 5.56 Å². The minimum Gasteiger partial charge on any atom is -0.496 e. The second-order valence-corrected chi connectivity index (χ2v) is 5.07. The van der Waals surface area contributed by atoms with E-state index >= 15 is 0 Å². The summed E-state index contributed by atoms with van der Waals surface area (Å²) >= 11 is 5.26. The molecule has 0 aliphatic rings. The van der Waals surface area contributed by atoms with Crippen LogP contribution in [0.1, 0.15) is 12.5 Å². The summed E-state index contributed by atoms with van der Waals surface area (Å²) in [6.45, 7) is 1.89. The number of benzene rings is 2. The number of hydrogen-bond acceptors (Lipinski definition) is 4. The van der Waals surface area contributed by atoms with E-state index < -0.39 is 0 Å². The van der Waals surface area contributed by atoms with Crippen molar-refractivity contribution in [1.82, 2.24) is 5.43 Å². The molecule has 2 rings (SSSR count). The van der Waals surface area contributed by atoms with E-state index in [-0.39, 0.29) is 0 Å². The Morgan fingerprint density at radius 2 is 1.57 bits per heavy atom.